The highest BCUT2D eigenvalue weighted by molar-refractivity contribution is 5.64. The molecule has 1 rings (SSSR count). The number of nitrogens with zero attached hydrogens (tertiary/aromatic N) is 1. The normalized spacial score (nSPS) is 15.7. The van der Waals surface area contributed by atoms with Gasteiger partial charge in [0, 0.05) is 32.3 Å². The molecule has 0 aliphatic carbocycles. The van der Waals surface area contributed by atoms with Crippen LogP contribution in [0.5, 0.6) is 0 Å². The Kier molecular flexibility index (Phi) is 14.0. The number of quaternary nitrogens is 1. The van der Waals surface area contributed by atoms with E-state index in [1.165, 1.54) is 43.5 Å². The second-order valence-electron chi connectivity index (χ2n) is 5.62. The molecule has 0 spiro atoms. The molecule has 1 heterocycles. The minimum atomic E-state index is -1.10. The topological polar surface area (TPSA) is 67.8 Å². The number of carboxylic acids is 1. The Balaban J connectivity index is 0.000000433. The molecule has 1 saturated heterocycles. The summed E-state index contributed by atoms with van der Waals surface area (Å²) in [6, 6.07) is 0. The van der Waals surface area contributed by atoms with Gasteiger partial charge in [0.15, 0.2) is 0 Å². The lowest BCUT2D eigenvalue weighted by Gasteiger charge is -2.31. The van der Waals surface area contributed by atoms with Gasteiger partial charge in [0.25, 0.3) is 0 Å². The van der Waals surface area contributed by atoms with Gasteiger partial charge in [-0.1, -0.05) is 6.58 Å². The summed E-state index contributed by atoms with van der Waals surface area (Å²) in [7, 11) is 1.60. The van der Waals surface area contributed by atoms with Crippen molar-refractivity contribution in [2.75, 3.05) is 66.3 Å². The Labute approximate surface area is 140 Å². The first-order chi connectivity index (χ1) is 11.1. The molecule has 136 valence electrons. The van der Waals surface area contributed by atoms with Gasteiger partial charge in [0.1, 0.15) is 0 Å². The van der Waals surface area contributed by atoms with Crippen LogP contribution in [0.4, 0.5) is 0 Å². The van der Waals surface area contributed by atoms with E-state index in [2.05, 4.69) is 19.6 Å². The summed E-state index contributed by atoms with van der Waals surface area (Å²) in [6.45, 7) is 13.4. The van der Waals surface area contributed by atoms with Crippen LogP contribution < -0.4 is 5.11 Å². The summed E-state index contributed by atoms with van der Waals surface area (Å²) in [5.74, 6) is -1.10. The molecule has 6 nitrogen and oxygen atoms in total. The number of hydrogen-bond acceptors (Lipinski definition) is 5. The molecule has 1 aliphatic rings. The maximum Gasteiger partial charge on any atom is 0.0971 e. The summed E-state index contributed by atoms with van der Waals surface area (Å²) in [4.78, 5) is 9.93. The summed E-state index contributed by atoms with van der Waals surface area (Å²) in [5, 5.41) is 9.93. The average Bonchev–Trinajstić information content (AvgIpc) is 3.00. The van der Waals surface area contributed by atoms with Gasteiger partial charge >= 0.3 is 0 Å². The highest BCUT2D eigenvalue weighted by Crippen LogP contribution is 2.18. The first kappa shape index (κ1) is 22.1. The van der Waals surface area contributed by atoms with E-state index in [-0.39, 0.29) is 13.0 Å². The van der Waals surface area contributed by atoms with E-state index in [0.29, 0.717) is 26.4 Å². The van der Waals surface area contributed by atoms with Gasteiger partial charge < -0.3 is 28.6 Å². The van der Waals surface area contributed by atoms with E-state index in [0.717, 1.165) is 0 Å². The van der Waals surface area contributed by atoms with Gasteiger partial charge in [-0.15, -0.1) is 0 Å². The third-order valence-electron chi connectivity index (χ3n) is 3.96. The third-order valence-corrected chi connectivity index (χ3v) is 3.96. The van der Waals surface area contributed by atoms with Crippen LogP contribution in [0, 0.1) is 0 Å². The molecular weight excluding hydrogens is 298 g/mol. The van der Waals surface area contributed by atoms with Gasteiger partial charge in [-0.05, 0) is 13.0 Å². The number of likely N-dealkylation sites (N-methyl/N-ethyl adjacent to an activating group) is 1. The molecule has 0 aromatic rings. The number of methoxy groups -OCH3 is 1. The molecule has 0 aromatic carbocycles. The monoisotopic (exact) mass is 331 g/mol. The van der Waals surface area contributed by atoms with Crippen molar-refractivity contribution in [1.82, 2.24) is 0 Å². The zero-order valence-corrected chi connectivity index (χ0v) is 14.8. The molecule has 0 bridgehead atoms. The highest BCUT2D eigenvalue weighted by Gasteiger charge is 2.27. The van der Waals surface area contributed by atoms with E-state index in [4.69, 9.17) is 14.2 Å². The summed E-state index contributed by atoms with van der Waals surface area (Å²) in [5.41, 5.74) is 0. The number of aliphatic carboxylic acids is 1. The van der Waals surface area contributed by atoms with Crippen molar-refractivity contribution < 1.29 is 28.6 Å². The fraction of sp³-hybridized carbons (Fsp3) is 0.824. The lowest BCUT2D eigenvalue weighted by Crippen LogP contribution is -2.44. The summed E-state index contributed by atoms with van der Waals surface area (Å²) in [6.07, 6.45) is 4.83. The fourth-order valence-electron chi connectivity index (χ4n) is 2.53. The van der Waals surface area contributed by atoms with Crippen LogP contribution >= 0.6 is 0 Å². The predicted molar refractivity (Wildman–Crippen MR) is 88.0 cm³/mol. The second-order valence-corrected chi connectivity index (χ2v) is 5.62. The van der Waals surface area contributed by atoms with E-state index < -0.39 is 5.97 Å². The zero-order chi connectivity index (χ0) is 17.4. The highest BCUT2D eigenvalue weighted by atomic mass is 16.5. The van der Waals surface area contributed by atoms with Gasteiger partial charge in [-0.25, -0.2) is 0 Å². The Morgan fingerprint density at radius 1 is 1.13 bits per heavy atom. The van der Waals surface area contributed by atoms with E-state index >= 15 is 0 Å². The number of ether oxygens (including phenoxy) is 3. The lowest BCUT2D eigenvalue weighted by atomic mass is 10.4. The molecule has 0 atom stereocenters. The van der Waals surface area contributed by atoms with E-state index in [1.54, 1.807) is 7.11 Å². The molecule has 6 heteroatoms. The molecule has 1 aliphatic heterocycles. The maximum absolute atomic E-state index is 9.93. The fourth-order valence-corrected chi connectivity index (χ4v) is 2.53. The van der Waals surface area contributed by atoms with Crippen LogP contribution in [0.2, 0.25) is 0 Å². The van der Waals surface area contributed by atoms with Crippen molar-refractivity contribution in [2.45, 2.75) is 26.2 Å². The Hall–Kier alpha value is -0.950. The lowest BCUT2D eigenvalue weighted by molar-refractivity contribution is -0.909. The van der Waals surface area contributed by atoms with Crippen molar-refractivity contribution in [3.8, 4) is 0 Å². The van der Waals surface area contributed by atoms with E-state index in [1.807, 2.05) is 0 Å². The average molecular weight is 331 g/mol. The number of rotatable bonds is 12. The van der Waals surface area contributed by atoms with Gasteiger partial charge in [0.05, 0.1) is 59.2 Å². The molecular formula is C17H33NO5. The van der Waals surface area contributed by atoms with Crippen molar-refractivity contribution in [2.24, 2.45) is 0 Å². The number of likely N-dealkylation sites (tertiary alicyclic amines) is 1. The summed E-state index contributed by atoms with van der Waals surface area (Å²) < 4.78 is 16.1. The molecule has 23 heavy (non-hydrogen) atoms. The zero-order valence-electron chi connectivity index (χ0n) is 14.8. The van der Waals surface area contributed by atoms with Crippen molar-refractivity contribution in [3.63, 3.8) is 0 Å². The molecule has 0 radical (unpaired) electrons. The molecule has 0 amide bonds. The van der Waals surface area contributed by atoms with Gasteiger partial charge in [-0.3, -0.25) is 0 Å². The largest absolute Gasteiger partial charge is 0.550 e. The Bertz CT molecular complexity index is 303. The predicted octanol–water partition coefficient (Wildman–Crippen LogP) is 0.609. The first-order valence-corrected chi connectivity index (χ1v) is 8.40. The molecule has 1 fully saturated rings. The number of hydrogen-bond donors (Lipinski definition) is 0. The number of carbonyl (C=O) groups excluding carboxylic acids is 1. The smallest absolute Gasteiger partial charge is 0.0971 e. The van der Waals surface area contributed by atoms with Crippen molar-refractivity contribution in [3.05, 3.63) is 12.7 Å². The van der Waals surface area contributed by atoms with Gasteiger partial charge in [0.2, 0.25) is 0 Å². The summed E-state index contributed by atoms with van der Waals surface area (Å²) >= 11 is 0. The van der Waals surface area contributed by atoms with E-state index in [9.17, 15) is 9.90 Å². The Morgan fingerprint density at radius 2 is 1.70 bits per heavy atom. The second kappa shape index (κ2) is 14.6. The minimum Gasteiger partial charge on any atom is -0.550 e. The van der Waals surface area contributed by atoms with Gasteiger partial charge in [-0.2, -0.15) is 0 Å². The first-order valence-electron chi connectivity index (χ1n) is 8.40. The quantitative estimate of drug-likeness (QED) is 0.298. The van der Waals surface area contributed by atoms with Crippen molar-refractivity contribution >= 4 is 5.97 Å². The van der Waals surface area contributed by atoms with Crippen LogP contribution in [0.3, 0.4) is 0 Å². The van der Waals surface area contributed by atoms with Crippen LogP contribution in [0.25, 0.3) is 0 Å². The van der Waals surface area contributed by atoms with Crippen LogP contribution in [0.1, 0.15) is 26.2 Å². The SMILES string of the molecule is C=CC[N+]1(CC)CCCC1.COCCOCCOCCC(=O)[O-]. The molecule has 0 unspecified atom stereocenters. The van der Waals surface area contributed by atoms with Crippen LogP contribution in [-0.4, -0.2) is 76.8 Å². The maximum atomic E-state index is 9.93. The number of carbonyl (C=O) groups is 1. The molecule has 0 aromatic heterocycles. The van der Waals surface area contributed by atoms with Crippen LogP contribution in [-0.2, 0) is 19.0 Å². The third kappa shape index (κ3) is 12.2. The number of carboxylic acid groups (broad SMARTS) is 1. The Morgan fingerprint density at radius 3 is 2.17 bits per heavy atom. The molecule has 0 N–H and O–H groups in total. The molecule has 0 saturated carbocycles. The van der Waals surface area contributed by atoms with Crippen molar-refractivity contribution in [1.29, 1.82) is 0 Å². The minimum absolute atomic E-state index is 0.0714. The van der Waals surface area contributed by atoms with Crippen LogP contribution in [0.15, 0.2) is 12.7 Å². The standard InChI is InChI=1S/C9H18N.C8H16O5/c1-3-7-10(4-2)8-5-6-9-10;1-11-4-5-13-7-6-12-3-2-8(9)10/h3H,1,4-9H2,2H3;2-7H2,1H3,(H,9,10)/q+1;/p-1.